The number of fused-ring (bicyclic) bond motifs is 2. The lowest BCUT2D eigenvalue weighted by Gasteiger charge is -2.17. The van der Waals surface area contributed by atoms with Gasteiger partial charge in [0.2, 0.25) is 0 Å². The van der Waals surface area contributed by atoms with Crippen LogP contribution < -0.4 is 0 Å². The van der Waals surface area contributed by atoms with Crippen molar-refractivity contribution in [2.45, 2.75) is 64.2 Å². The van der Waals surface area contributed by atoms with Crippen molar-refractivity contribution in [1.82, 2.24) is 9.97 Å². The molecule has 0 N–H and O–H groups in total. The molecular weight excluding hydrogens is 484 g/mol. The molecule has 3 aromatic rings. The lowest BCUT2D eigenvalue weighted by atomic mass is 9.91. The maximum Gasteiger partial charge on any atom is 0.309 e. The van der Waals surface area contributed by atoms with E-state index >= 15 is 0 Å². The molecule has 37 heavy (non-hydrogen) atoms. The van der Waals surface area contributed by atoms with Crippen LogP contribution >= 0.6 is 11.6 Å². The number of rotatable bonds is 11. The second-order valence-electron chi connectivity index (χ2n) is 10.5. The normalized spacial score (nSPS) is 22.9. The Bertz CT molecular complexity index is 1200. The molecular formula is C31H37ClN2O3. The summed E-state index contributed by atoms with van der Waals surface area (Å²) in [7, 11) is 0. The van der Waals surface area contributed by atoms with Gasteiger partial charge in [-0.2, -0.15) is 0 Å². The SMILES string of the molecule is CCOCCCOC(=O)C1C2CCC(c3nccc4cc(CCCc5ccccc5Cl)ncc34)CCC21. The fraction of sp³-hybridized carbons (Fsp3) is 0.516. The van der Waals surface area contributed by atoms with Crippen LogP contribution in [0.2, 0.25) is 5.02 Å². The van der Waals surface area contributed by atoms with E-state index in [4.69, 9.17) is 31.0 Å². The van der Waals surface area contributed by atoms with Crippen LogP contribution in [-0.2, 0) is 27.1 Å². The lowest BCUT2D eigenvalue weighted by molar-refractivity contribution is -0.146. The molecule has 0 radical (unpaired) electrons. The molecule has 2 heterocycles. The van der Waals surface area contributed by atoms with E-state index in [1.54, 1.807) is 0 Å². The largest absolute Gasteiger partial charge is 0.465 e. The Morgan fingerprint density at radius 2 is 1.81 bits per heavy atom. The minimum atomic E-state index is -0.000464. The molecule has 5 nitrogen and oxygen atoms in total. The molecule has 196 valence electrons. The van der Waals surface area contributed by atoms with Crippen LogP contribution in [0, 0.1) is 17.8 Å². The second kappa shape index (κ2) is 12.4. The molecule has 1 aromatic carbocycles. The van der Waals surface area contributed by atoms with Crippen LogP contribution in [0.5, 0.6) is 0 Å². The number of hydrogen-bond donors (Lipinski definition) is 0. The summed E-state index contributed by atoms with van der Waals surface area (Å²) in [5.74, 6) is 1.47. The topological polar surface area (TPSA) is 61.3 Å². The standard InChI is InChI=1S/C31H37ClN2O3/c1-2-36-17-6-18-37-31(35)29-25-13-11-22(12-14-26(25)29)30-27-20-34-24(19-23(27)15-16-33-30)9-5-8-21-7-3-4-10-28(21)32/h3-4,7,10,15-16,19-20,22,25-26,29H,2,5-6,8-9,11-14,17-18H2,1H3. The average molecular weight is 521 g/mol. The molecule has 0 aliphatic heterocycles. The van der Waals surface area contributed by atoms with Crippen molar-refractivity contribution in [2.24, 2.45) is 17.8 Å². The molecule has 0 bridgehead atoms. The Balaban J connectivity index is 1.15. The number of aromatic nitrogens is 2. The Kier molecular flexibility index (Phi) is 8.73. The highest BCUT2D eigenvalue weighted by Crippen LogP contribution is 2.56. The van der Waals surface area contributed by atoms with Crippen LogP contribution in [0.4, 0.5) is 0 Å². The number of ether oxygens (including phenoxy) is 2. The van der Waals surface area contributed by atoms with Gasteiger partial charge < -0.3 is 9.47 Å². The number of esters is 1. The predicted molar refractivity (Wildman–Crippen MR) is 147 cm³/mol. The quantitative estimate of drug-likeness (QED) is 0.202. The number of aryl methyl sites for hydroxylation is 2. The van der Waals surface area contributed by atoms with Gasteiger partial charge in [-0.1, -0.05) is 29.8 Å². The van der Waals surface area contributed by atoms with E-state index in [1.165, 1.54) is 22.0 Å². The Labute approximate surface area is 224 Å². The molecule has 2 saturated carbocycles. The van der Waals surface area contributed by atoms with Crippen LogP contribution in [0.3, 0.4) is 0 Å². The summed E-state index contributed by atoms with van der Waals surface area (Å²) in [6.45, 7) is 3.80. The van der Waals surface area contributed by atoms with Crippen molar-refractivity contribution in [1.29, 1.82) is 0 Å². The van der Waals surface area contributed by atoms with Crippen molar-refractivity contribution >= 4 is 28.3 Å². The van der Waals surface area contributed by atoms with E-state index in [-0.39, 0.29) is 11.9 Å². The summed E-state index contributed by atoms with van der Waals surface area (Å²) in [5.41, 5.74) is 3.48. The fourth-order valence-corrected chi connectivity index (χ4v) is 6.35. The Morgan fingerprint density at radius 3 is 2.59 bits per heavy atom. The number of hydrogen-bond acceptors (Lipinski definition) is 5. The molecule has 2 aliphatic carbocycles. The van der Waals surface area contributed by atoms with Gasteiger partial charge in [0.1, 0.15) is 0 Å². The maximum atomic E-state index is 12.6. The summed E-state index contributed by atoms with van der Waals surface area (Å²) in [4.78, 5) is 22.2. The van der Waals surface area contributed by atoms with Crippen molar-refractivity contribution in [3.05, 3.63) is 70.8 Å². The first kappa shape index (κ1) is 26.1. The zero-order valence-electron chi connectivity index (χ0n) is 21.7. The third-order valence-corrected chi connectivity index (χ3v) is 8.51. The zero-order valence-corrected chi connectivity index (χ0v) is 22.5. The minimum absolute atomic E-state index is 0.000464. The maximum absolute atomic E-state index is 12.6. The van der Waals surface area contributed by atoms with Crippen LogP contribution in [0.15, 0.2) is 48.8 Å². The van der Waals surface area contributed by atoms with Crippen LogP contribution in [-0.4, -0.2) is 35.8 Å². The predicted octanol–water partition coefficient (Wildman–Crippen LogP) is 6.95. The molecule has 2 aliphatic rings. The van der Waals surface area contributed by atoms with Gasteiger partial charge in [-0.3, -0.25) is 14.8 Å². The van der Waals surface area contributed by atoms with Gasteiger partial charge in [0.15, 0.2) is 0 Å². The van der Waals surface area contributed by atoms with Gasteiger partial charge in [-0.25, -0.2) is 0 Å². The highest BCUT2D eigenvalue weighted by Gasteiger charge is 2.55. The summed E-state index contributed by atoms with van der Waals surface area (Å²) in [5, 5.41) is 3.23. The van der Waals surface area contributed by atoms with E-state index in [0.29, 0.717) is 37.6 Å². The molecule has 5 rings (SSSR count). The van der Waals surface area contributed by atoms with Crippen LogP contribution in [0.1, 0.15) is 68.3 Å². The van der Waals surface area contributed by atoms with E-state index in [0.717, 1.165) is 62.1 Å². The van der Waals surface area contributed by atoms with Crippen molar-refractivity contribution in [3.63, 3.8) is 0 Å². The Morgan fingerprint density at radius 1 is 1.00 bits per heavy atom. The van der Waals surface area contributed by atoms with E-state index in [2.05, 4.69) is 18.2 Å². The molecule has 0 spiro atoms. The number of halogens is 1. The first-order valence-electron chi connectivity index (χ1n) is 13.9. The third kappa shape index (κ3) is 6.32. The first-order chi connectivity index (χ1) is 18.2. The second-order valence-corrected chi connectivity index (χ2v) is 10.9. The van der Waals surface area contributed by atoms with Crippen molar-refractivity contribution < 1.29 is 14.3 Å². The van der Waals surface area contributed by atoms with E-state index in [9.17, 15) is 4.79 Å². The number of carbonyl (C=O) groups is 1. The van der Waals surface area contributed by atoms with Gasteiger partial charge in [0.05, 0.1) is 18.2 Å². The summed E-state index contributed by atoms with van der Waals surface area (Å²) >= 11 is 6.31. The highest BCUT2D eigenvalue weighted by molar-refractivity contribution is 6.31. The average Bonchev–Trinajstić information content (AvgIpc) is 3.65. The number of pyridine rings is 2. The number of benzene rings is 1. The van der Waals surface area contributed by atoms with Gasteiger partial charge >= 0.3 is 5.97 Å². The first-order valence-corrected chi connectivity index (χ1v) is 14.2. The molecule has 2 fully saturated rings. The van der Waals surface area contributed by atoms with Gasteiger partial charge in [0, 0.05) is 54.0 Å². The minimum Gasteiger partial charge on any atom is -0.465 e. The zero-order chi connectivity index (χ0) is 25.6. The number of nitrogens with zero attached hydrogens (tertiary/aromatic N) is 2. The summed E-state index contributed by atoms with van der Waals surface area (Å²) in [6.07, 6.45) is 11.9. The van der Waals surface area contributed by atoms with Crippen LogP contribution in [0.25, 0.3) is 10.8 Å². The van der Waals surface area contributed by atoms with Gasteiger partial charge in [0.25, 0.3) is 0 Å². The Hall–Kier alpha value is -2.50. The van der Waals surface area contributed by atoms with E-state index in [1.807, 2.05) is 37.5 Å². The highest BCUT2D eigenvalue weighted by atomic mass is 35.5. The molecule has 0 saturated heterocycles. The smallest absolute Gasteiger partial charge is 0.309 e. The fourth-order valence-electron chi connectivity index (χ4n) is 6.12. The molecule has 2 atom stereocenters. The number of carbonyl (C=O) groups excluding carboxylic acids is 1. The lowest BCUT2D eigenvalue weighted by Crippen LogP contribution is -2.13. The molecule has 6 heteroatoms. The van der Waals surface area contributed by atoms with Gasteiger partial charge in [-0.05, 0) is 92.9 Å². The van der Waals surface area contributed by atoms with Gasteiger partial charge in [-0.15, -0.1) is 0 Å². The summed E-state index contributed by atoms with van der Waals surface area (Å²) in [6, 6.07) is 12.4. The summed E-state index contributed by atoms with van der Waals surface area (Å²) < 4.78 is 10.9. The molecule has 2 unspecified atom stereocenters. The monoisotopic (exact) mass is 520 g/mol. The third-order valence-electron chi connectivity index (χ3n) is 8.14. The van der Waals surface area contributed by atoms with Crippen molar-refractivity contribution in [2.75, 3.05) is 19.8 Å². The van der Waals surface area contributed by atoms with Crippen molar-refractivity contribution in [3.8, 4) is 0 Å². The molecule has 0 amide bonds. The molecule has 2 aromatic heterocycles. The van der Waals surface area contributed by atoms with E-state index < -0.39 is 0 Å².